The number of para-hydroxylation sites is 1. The van der Waals surface area contributed by atoms with Gasteiger partial charge in [0.05, 0.1) is 18.8 Å². The molecule has 1 aromatic heterocycles. The molecule has 5 heteroatoms. The van der Waals surface area contributed by atoms with Gasteiger partial charge in [0.2, 0.25) is 0 Å². The first-order valence-corrected chi connectivity index (χ1v) is 6.66. The summed E-state index contributed by atoms with van der Waals surface area (Å²) in [5.41, 5.74) is 1.15. The molecule has 1 unspecified atom stereocenters. The first kappa shape index (κ1) is 12.2. The van der Waals surface area contributed by atoms with E-state index in [1.165, 1.54) is 6.33 Å². The Kier molecular flexibility index (Phi) is 3.51. The lowest BCUT2D eigenvalue weighted by atomic mass is 10.0. The van der Waals surface area contributed by atoms with Gasteiger partial charge >= 0.3 is 0 Å². The molecule has 1 atom stereocenters. The minimum atomic E-state index is 0.158. The molecular formula is C14H14ClN3O. The molecule has 1 N–H and O–H groups in total. The number of hydrogen-bond donors (Lipinski definition) is 1. The van der Waals surface area contributed by atoms with Crippen molar-refractivity contribution < 1.29 is 4.74 Å². The lowest BCUT2D eigenvalue weighted by Crippen LogP contribution is -2.11. The van der Waals surface area contributed by atoms with Crippen molar-refractivity contribution in [2.24, 2.45) is 0 Å². The van der Waals surface area contributed by atoms with Crippen LogP contribution in [0.25, 0.3) is 0 Å². The molecular weight excluding hydrogens is 262 g/mol. The molecule has 1 aromatic carbocycles. The second kappa shape index (κ2) is 5.45. The van der Waals surface area contributed by atoms with Gasteiger partial charge in [-0.3, -0.25) is 0 Å². The number of halogens is 1. The summed E-state index contributed by atoms with van der Waals surface area (Å²) in [5.74, 6) is 1.60. The van der Waals surface area contributed by atoms with Crippen LogP contribution in [-0.2, 0) is 0 Å². The van der Waals surface area contributed by atoms with Gasteiger partial charge in [0.25, 0.3) is 0 Å². The van der Waals surface area contributed by atoms with Crippen LogP contribution in [0, 0.1) is 0 Å². The number of benzene rings is 1. The van der Waals surface area contributed by atoms with E-state index in [9.17, 15) is 0 Å². The molecule has 0 radical (unpaired) electrons. The van der Waals surface area contributed by atoms with E-state index >= 15 is 0 Å². The first-order valence-electron chi connectivity index (χ1n) is 6.28. The molecule has 4 nitrogen and oxygen atoms in total. The molecule has 3 rings (SSSR count). The van der Waals surface area contributed by atoms with Crippen LogP contribution in [0.1, 0.15) is 24.4 Å². The fourth-order valence-electron chi connectivity index (χ4n) is 2.26. The minimum Gasteiger partial charge on any atom is -0.493 e. The van der Waals surface area contributed by atoms with Crippen molar-refractivity contribution in [3.8, 4) is 5.75 Å². The van der Waals surface area contributed by atoms with Crippen molar-refractivity contribution in [2.75, 3.05) is 11.9 Å². The third kappa shape index (κ3) is 2.63. The second-order valence-electron chi connectivity index (χ2n) is 4.44. The molecule has 1 aliphatic heterocycles. The molecule has 0 saturated carbocycles. The van der Waals surface area contributed by atoms with Gasteiger partial charge < -0.3 is 10.1 Å². The molecule has 19 heavy (non-hydrogen) atoms. The van der Waals surface area contributed by atoms with E-state index in [0.717, 1.165) is 30.8 Å². The maximum absolute atomic E-state index is 6.09. The smallest absolute Gasteiger partial charge is 0.148 e. The Balaban J connectivity index is 1.91. The quantitative estimate of drug-likeness (QED) is 0.912. The standard InChI is InChI=1S/C14H14ClN3O/c15-11-8-16-9-17-14(11)18-12-5-3-7-19-13-6-2-1-4-10(12)13/h1-2,4,6,8-9,12H,3,5,7H2,(H,16,17,18). The molecule has 0 aliphatic carbocycles. The molecule has 1 aliphatic rings. The minimum absolute atomic E-state index is 0.158. The first-order chi connectivity index (χ1) is 9.34. The highest BCUT2D eigenvalue weighted by molar-refractivity contribution is 6.32. The Morgan fingerprint density at radius 1 is 1.32 bits per heavy atom. The lowest BCUT2D eigenvalue weighted by molar-refractivity contribution is 0.316. The number of nitrogens with one attached hydrogen (secondary N) is 1. The van der Waals surface area contributed by atoms with Crippen LogP contribution in [0.5, 0.6) is 5.75 Å². The van der Waals surface area contributed by atoms with Crippen LogP contribution in [0.3, 0.4) is 0 Å². The average molecular weight is 276 g/mol. The molecule has 2 heterocycles. The normalized spacial score (nSPS) is 18.1. The van der Waals surface area contributed by atoms with Gasteiger partial charge in [0.1, 0.15) is 22.9 Å². The summed E-state index contributed by atoms with van der Waals surface area (Å²) >= 11 is 6.09. The third-order valence-electron chi connectivity index (χ3n) is 3.17. The zero-order chi connectivity index (χ0) is 13.1. The van der Waals surface area contributed by atoms with Gasteiger partial charge in [-0.15, -0.1) is 0 Å². The van der Waals surface area contributed by atoms with E-state index in [-0.39, 0.29) is 6.04 Å². The number of anilines is 1. The van der Waals surface area contributed by atoms with Crippen LogP contribution in [0.4, 0.5) is 5.82 Å². The van der Waals surface area contributed by atoms with E-state index < -0.39 is 0 Å². The molecule has 0 amide bonds. The molecule has 2 aromatic rings. The van der Waals surface area contributed by atoms with E-state index in [0.29, 0.717) is 10.8 Å². The summed E-state index contributed by atoms with van der Waals surface area (Å²) in [7, 11) is 0. The Bertz CT molecular complexity index is 576. The fraction of sp³-hybridized carbons (Fsp3) is 0.286. The molecule has 0 bridgehead atoms. The maximum atomic E-state index is 6.09. The van der Waals surface area contributed by atoms with E-state index in [1.807, 2.05) is 18.2 Å². The van der Waals surface area contributed by atoms with Crippen LogP contribution in [0.2, 0.25) is 5.02 Å². The number of ether oxygens (including phenoxy) is 1. The maximum Gasteiger partial charge on any atom is 0.148 e. The van der Waals surface area contributed by atoms with Crippen LogP contribution >= 0.6 is 11.6 Å². The lowest BCUT2D eigenvalue weighted by Gasteiger charge is -2.19. The molecule has 0 fully saturated rings. The Morgan fingerprint density at radius 3 is 3.11 bits per heavy atom. The average Bonchev–Trinajstić information content (AvgIpc) is 2.64. The predicted octanol–water partition coefficient (Wildman–Crippen LogP) is 3.46. The highest BCUT2D eigenvalue weighted by Gasteiger charge is 2.20. The largest absolute Gasteiger partial charge is 0.493 e. The summed E-state index contributed by atoms with van der Waals surface area (Å²) in [6.45, 7) is 0.743. The van der Waals surface area contributed by atoms with Gasteiger partial charge in [0.15, 0.2) is 0 Å². The van der Waals surface area contributed by atoms with Gasteiger partial charge in [-0.2, -0.15) is 0 Å². The van der Waals surface area contributed by atoms with Crippen molar-refractivity contribution in [3.05, 3.63) is 47.4 Å². The highest BCUT2D eigenvalue weighted by atomic mass is 35.5. The molecule has 98 valence electrons. The summed E-state index contributed by atoms with van der Waals surface area (Å²) < 4.78 is 5.74. The summed E-state index contributed by atoms with van der Waals surface area (Å²) in [6.07, 6.45) is 5.07. The summed E-state index contributed by atoms with van der Waals surface area (Å²) in [6, 6.07) is 8.23. The van der Waals surface area contributed by atoms with Gasteiger partial charge in [-0.1, -0.05) is 29.8 Å². The van der Waals surface area contributed by atoms with Gasteiger partial charge in [0, 0.05) is 5.56 Å². The number of aromatic nitrogens is 2. The van der Waals surface area contributed by atoms with E-state index in [4.69, 9.17) is 16.3 Å². The SMILES string of the molecule is Clc1cncnc1NC1CCCOc2ccccc21. The predicted molar refractivity (Wildman–Crippen MR) is 74.6 cm³/mol. The van der Waals surface area contributed by atoms with Crippen molar-refractivity contribution in [3.63, 3.8) is 0 Å². The monoisotopic (exact) mass is 275 g/mol. The summed E-state index contributed by atoms with van der Waals surface area (Å²) in [4.78, 5) is 8.07. The Hall–Kier alpha value is -1.81. The molecule has 0 saturated heterocycles. The zero-order valence-corrected chi connectivity index (χ0v) is 11.1. The highest BCUT2D eigenvalue weighted by Crippen LogP contribution is 2.34. The molecule has 0 spiro atoms. The van der Waals surface area contributed by atoms with Crippen LogP contribution < -0.4 is 10.1 Å². The number of nitrogens with zero attached hydrogens (tertiary/aromatic N) is 2. The Morgan fingerprint density at radius 2 is 2.21 bits per heavy atom. The summed E-state index contributed by atoms with van der Waals surface area (Å²) in [5, 5.41) is 3.91. The fourth-order valence-corrected chi connectivity index (χ4v) is 2.42. The second-order valence-corrected chi connectivity index (χ2v) is 4.85. The third-order valence-corrected chi connectivity index (χ3v) is 3.44. The number of hydrogen-bond acceptors (Lipinski definition) is 4. The van der Waals surface area contributed by atoms with Gasteiger partial charge in [-0.05, 0) is 18.9 Å². The van der Waals surface area contributed by atoms with Crippen molar-refractivity contribution >= 4 is 17.4 Å². The van der Waals surface area contributed by atoms with Crippen molar-refractivity contribution in [2.45, 2.75) is 18.9 Å². The van der Waals surface area contributed by atoms with E-state index in [2.05, 4.69) is 21.4 Å². The van der Waals surface area contributed by atoms with E-state index in [1.54, 1.807) is 6.20 Å². The number of rotatable bonds is 2. The van der Waals surface area contributed by atoms with Crippen molar-refractivity contribution in [1.29, 1.82) is 0 Å². The van der Waals surface area contributed by atoms with Crippen molar-refractivity contribution in [1.82, 2.24) is 9.97 Å². The topological polar surface area (TPSA) is 47.0 Å². The van der Waals surface area contributed by atoms with Crippen LogP contribution in [0.15, 0.2) is 36.8 Å². The van der Waals surface area contributed by atoms with Crippen LogP contribution in [-0.4, -0.2) is 16.6 Å². The zero-order valence-electron chi connectivity index (χ0n) is 10.3. The Labute approximate surface area is 116 Å². The van der Waals surface area contributed by atoms with Gasteiger partial charge in [-0.25, -0.2) is 9.97 Å². The number of fused-ring (bicyclic) bond motifs is 1.